The zero-order valence-electron chi connectivity index (χ0n) is 13.7. The number of fused-ring (bicyclic) bond motifs is 1. The fraction of sp³-hybridized carbons (Fsp3) is 0.667. The van der Waals surface area contributed by atoms with Crippen LogP contribution >= 0.6 is 0 Å². The topological polar surface area (TPSA) is 35.5 Å². The summed E-state index contributed by atoms with van der Waals surface area (Å²) in [5, 5.41) is 13.7. The second-order valence-electron chi connectivity index (χ2n) is 6.22. The maximum Gasteiger partial charge on any atom is 0.0672 e. The standard InChI is InChI=1S/C18H30N2O/c1-4-20(5-2)13-12-19-18(14-21)11-10-15(3)16-8-6-7-9-17(16)18/h6-9,15,19,21H,4-5,10-14H2,1-3H3. The largest absolute Gasteiger partial charge is 0.394 e. The molecule has 118 valence electrons. The predicted octanol–water partition coefficient (Wildman–Crippen LogP) is 2.70. The fourth-order valence-electron chi connectivity index (χ4n) is 3.51. The number of aliphatic hydroxyl groups is 1. The molecule has 0 aliphatic heterocycles. The van der Waals surface area contributed by atoms with Crippen LogP contribution in [0.4, 0.5) is 0 Å². The number of hydrogen-bond donors (Lipinski definition) is 2. The highest BCUT2D eigenvalue weighted by atomic mass is 16.3. The molecule has 1 aromatic carbocycles. The lowest BCUT2D eigenvalue weighted by Gasteiger charge is -2.41. The monoisotopic (exact) mass is 290 g/mol. The molecule has 0 amide bonds. The van der Waals surface area contributed by atoms with Crippen molar-refractivity contribution in [2.45, 2.75) is 45.1 Å². The number of likely N-dealkylation sites (N-methyl/N-ethyl adjacent to an activating group) is 1. The highest BCUT2D eigenvalue weighted by Crippen LogP contribution is 2.40. The molecule has 0 bridgehead atoms. The summed E-state index contributed by atoms with van der Waals surface area (Å²) >= 11 is 0. The molecule has 0 spiro atoms. The number of nitrogens with one attached hydrogen (secondary N) is 1. The molecule has 3 nitrogen and oxygen atoms in total. The van der Waals surface area contributed by atoms with Crippen molar-refractivity contribution in [1.82, 2.24) is 10.2 Å². The molecule has 2 rings (SSSR count). The summed E-state index contributed by atoms with van der Waals surface area (Å²) in [7, 11) is 0. The summed E-state index contributed by atoms with van der Waals surface area (Å²) in [5.41, 5.74) is 2.44. The van der Waals surface area contributed by atoms with Gasteiger partial charge in [-0.15, -0.1) is 0 Å². The molecule has 0 radical (unpaired) electrons. The summed E-state index contributed by atoms with van der Waals surface area (Å²) in [5.74, 6) is 0.588. The Morgan fingerprint density at radius 2 is 2.00 bits per heavy atom. The summed E-state index contributed by atoms with van der Waals surface area (Å²) in [6, 6.07) is 8.60. The first kappa shape index (κ1) is 16.5. The van der Waals surface area contributed by atoms with Gasteiger partial charge < -0.3 is 15.3 Å². The molecule has 0 aromatic heterocycles. The van der Waals surface area contributed by atoms with E-state index >= 15 is 0 Å². The number of rotatable bonds is 7. The van der Waals surface area contributed by atoms with Crippen molar-refractivity contribution < 1.29 is 5.11 Å². The summed E-state index contributed by atoms with van der Waals surface area (Å²) in [6.45, 7) is 11.0. The number of hydrogen-bond acceptors (Lipinski definition) is 3. The van der Waals surface area contributed by atoms with Crippen molar-refractivity contribution in [3.05, 3.63) is 35.4 Å². The molecule has 3 heteroatoms. The average Bonchev–Trinajstić information content (AvgIpc) is 2.54. The number of aliphatic hydroxyl groups excluding tert-OH is 1. The molecule has 2 atom stereocenters. The van der Waals surface area contributed by atoms with Gasteiger partial charge in [-0.05, 0) is 43.0 Å². The Labute approximate surface area is 129 Å². The molecule has 0 heterocycles. The minimum absolute atomic E-state index is 0.176. The fourth-order valence-corrected chi connectivity index (χ4v) is 3.51. The zero-order chi connectivity index (χ0) is 15.3. The van der Waals surface area contributed by atoms with E-state index in [-0.39, 0.29) is 12.1 Å². The highest BCUT2D eigenvalue weighted by molar-refractivity contribution is 5.38. The SMILES string of the molecule is CCN(CC)CCNC1(CO)CCC(C)c2ccccc21. The van der Waals surface area contributed by atoms with Crippen LogP contribution in [-0.2, 0) is 5.54 Å². The van der Waals surface area contributed by atoms with E-state index in [1.807, 2.05) is 0 Å². The Hall–Kier alpha value is -0.900. The zero-order valence-corrected chi connectivity index (χ0v) is 13.7. The van der Waals surface area contributed by atoms with Gasteiger partial charge in [-0.25, -0.2) is 0 Å². The average molecular weight is 290 g/mol. The van der Waals surface area contributed by atoms with Gasteiger partial charge in [-0.3, -0.25) is 0 Å². The third-order valence-corrected chi connectivity index (χ3v) is 5.07. The van der Waals surface area contributed by atoms with E-state index in [0.717, 1.165) is 39.0 Å². The van der Waals surface area contributed by atoms with Crippen LogP contribution < -0.4 is 5.32 Å². The van der Waals surface area contributed by atoms with Crippen LogP contribution in [0.1, 0.15) is 50.7 Å². The van der Waals surface area contributed by atoms with Gasteiger partial charge >= 0.3 is 0 Å². The Balaban J connectivity index is 2.13. The minimum Gasteiger partial charge on any atom is -0.394 e. The van der Waals surface area contributed by atoms with Crippen molar-refractivity contribution in [3.63, 3.8) is 0 Å². The second kappa shape index (κ2) is 7.39. The van der Waals surface area contributed by atoms with E-state index in [1.165, 1.54) is 11.1 Å². The molecule has 2 N–H and O–H groups in total. The van der Waals surface area contributed by atoms with E-state index in [2.05, 4.69) is 55.3 Å². The Morgan fingerprint density at radius 3 is 2.67 bits per heavy atom. The first-order valence-electron chi connectivity index (χ1n) is 8.34. The summed E-state index contributed by atoms with van der Waals surface area (Å²) in [4.78, 5) is 2.41. The van der Waals surface area contributed by atoms with E-state index in [0.29, 0.717) is 5.92 Å². The van der Waals surface area contributed by atoms with Gasteiger partial charge in [0.05, 0.1) is 12.1 Å². The lowest BCUT2D eigenvalue weighted by molar-refractivity contribution is 0.133. The van der Waals surface area contributed by atoms with Crippen molar-refractivity contribution in [1.29, 1.82) is 0 Å². The summed E-state index contributed by atoms with van der Waals surface area (Å²) < 4.78 is 0. The van der Waals surface area contributed by atoms with Crippen LogP contribution in [0.25, 0.3) is 0 Å². The van der Waals surface area contributed by atoms with Crippen LogP contribution in [0.3, 0.4) is 0 Å². The molecule has 2 unspecified atom stereocenters. The molecular weight excluding hydrogens is 260 g/mol. The third-order valence-electron chi connectivity index (χ3n) is 5.07. The van der Waals surface area contributed by atoms with E-state index in [9.17, 15) is 5.11 Å². The van der Waals surface area contributed by atoms with Gasteiger partial charge in [0.1, 0.15) is 0 Å². The first-order valence-corrected chi connectivity index (χ1v) is 8.34. The molecule has 0 saturated carbocycles. The van der Waals surface area contributed by atoms with Gasteiger partial charge in [0.2, 0.25) is 0 Å². The van der Waals surface area contributed by atoms with E-state index < -0.39 is 0 Å². The highest BCUT2D eigenvalue weighted by Gasteiger charge is 2.37. The Morgan fingerprint density at radius 1 is 1.29 bits per heavy atom. The molecule has 1 aromatic rings. The second-order valence-corrected chi connectivity index (χ2v) is 6.22. The molecule has 0 fully saturated rings. The van der Waals surface area contributed by atoms with Gasteiger partial charge in [0.15, 0.2) is 0 Å². The van der Waals surface area contributed by atoms with Crippen molar-refractivity contribution in [3.8, 4) is 0 Å². The maximum absolute atomic E-state index is 10.1. The molecule has 21 heavy (non-hydrogen) atoms. The number of nitrogens with zero attached hydrogens (tertiary/aromatic N) is 1. The smallest absolute Gasteiger partial charge is 0.0672 e. The quantitative estimate of drug-likeness (QED) is 0.810. The van der Waals surface area contributed by atoms with Crippen LogP contribution in [0, 0.1) is 0 Å². The van der Waals surface area contributed by atoms with E-state index in [4.69, 9.17) is 0 Å². The molecule has 1 aliphatic rings. The molecule has 1 aliphatic carbocycles. The maximum atomic E-state index is 10.1. The first-order chi connectivity index (χ1) is 10.2. The van der Waals surface area contributed by atoms with Gasteiger partial charge in [-0.2, -0.15) is 0 Å². The van der Waals surface area contributed by atoms with Gasteiger partial charge in [-0.1, -0.05) is 45.0 Å². The van der Waals surface area contributed by atoms with Crippen LogP contribution in [-0.4, -0.2) is 42.8 Å². The lowest BCUT2D eigenvalue weighted by atomic mass is 9.72. The lowest BCUT2D eigenvalue weighted by Crippen LogP contribution is -2.50. The minimum atomic E-state index is -0.254. The number of benzene rings is 1. The van der Waals surface area contributed by atoms with Crippen LogP contribution in [0.5, 0.6) is 0 Å². The molecular formula is C18H30N2O. The molecule has 0 saturated heterocycles. The summed E-state index contributed by atoms with van der Waals surface area (Å²) in [6.07, 6.45) is 2.15. The van der Waals surface area contributed by atoms with E-state index in [1.54, 1.807) is 0 Å². The third kappa shape index (κ3) is 3.47. The van der Waals surface area contributed by atoms with Gasteiger partial charge in [0.25, 0.3) is 0 Å². The van der Waals surface area contributed by atoms with Crippen molar-refractivity contribution in [2.24, 2.45) is 0 Å². The Kier molecular flexibility index (Phi) is 5.80. The van der Waals surface area contributed by atoms with Crippen molar-refractivity contribution >= 4 is 0 Å². The van der Waals surface area contributed by atoms with Gasteiger partial charge in [0, 0.05) is 13.1 Å². The normalized spacial score (nSPS) is 25.1. The van der Waals surface area contributed by atoms with Crippen LogP contribution in [0.2, 0.25) is 0 Å². The van der Waals surface area contributed by atoms with Crippen LogP contribution in [0.15, 0.2) is 24.3 Å². The Bertz CT molecular complexity index is 445. The van der Waals surface area contributed by atoms with Crippen molar-refractivity contribution in [2.75, 3.05) is 32.8 Å². The predicted molar refractivity (Wildman–Crippen MR) is 88.6 cm³/mol.